The van der Waals surface area contributed by atoms with Crippen molar-refractivity contribution in [1.82, 2.24) is 9.80 Å². The van der Waals surface area contributed by atoms with Gasteiger partial charge in [0, 0.05) is 18.1 Å². The third-order valence-electron chi connectivity index (χ3n) is 5.13. The quantitative estimate of drug-likeness (QED) is 0.683. The molecule has 2 aromatic carbocycles. The molecule has 1 fully saturated rings. The molecular formula is C20H17ClN4O4. The van der Waals surface area contributed by atoms with E-state index in [1.165, 1.54) is 9.80 Å². The van der Waals surface area contributed by atoms with Crippen molar-refractivity contribution in [3.8, 4) is 11.1 Å². The molecule has 4 amide bonds. The van der Waals surface area contributed by atoms with Gasteiger partial charge in [-0.1, -0.05) is 29.8 Å². The summed E-state index contributed by atoms with van der Waals surface area (Å²) in [6.45, 7) is 0.168. The van der Waals surface area contributed by atoms with Crippen molar-refractivity contribution in [3.63, 3.8) is 0 Å². The number of anilines is 1. The van der Waals surface area contributed by atoms with Gasteiger partial charge in [0.2, 0.25) is 5.91 Å². The first-order valence-corrected chi connectivity index (χ1v) is 9.33. The Morgan fingerprint density at radius 3 is 2.41 bits per heavy atom. The van der Waals surface area contributed by atoms with Gasteiger partial charge >= 0.3 is 11.8 Å². The summed E-state index contributed by atoms with van der Waals surface area (Å²) in [6, 6.07) is 11.5. The topological polar surface area (TPSA) is 113 Å². The van der Waals surface area contributed by atoms with Crippen LogP contribution in [0.2, 0.25) is 5.02 Å². The van der Waals surface area contributed by atoms with Crippen molar-refractivity contribution in [3.05, 3.63) is 53.1 Å². The zero-order valence-corrected chi connectivity index (χ0v) is 16.0. The second kappa shape index (κ2) is 7.21. The number of fused-ring (bicyclic) bond motifs is 2. The van der Waals surface area contributed by atoms with Gasteiger partial charge in [-0.15, -0.1) is 0 Å². The summed E-state index contributed by atoms with van der Waals surface area (Å²) in [4.78, 5) is 51.6. The Kier molecular flexibility index (Phi) is 4.71. The van der Waals surface area contributed by atoms with E-state index < -0.39 is 23.8 Å². The summed E-state index contributed by atoms with van der Waals surface area (Å²) in [5.74, 6) is -2.69. The Balaban J connectivity index is 1.67. The molecule has 3 N–H and O–H groups in total. The molecule has 1 unspecified atom stereocenters. The lowest BCUT2D eigenvalue weighted by atomic mass is 10.0. The molecule has 1 saturated heterocycles. The van der Waals surface area contributed by atoms with Crippen molar-refractivity contribution in [2.75, 3.05) is 25.0 Å². The van der Waals surface area contributed by atoms with Crippen molar-refractivity contribution < 1.29 is 19.2 Å². The Hall–Kier alpha value is -3.39. The first-order valence-electron chi connectivity index (χ1n) is 8.95. The number of primary amides is 1. The second-order valence-corrected chi connectivity index (χ2v) is 7.32. The number of rotatable bonds is 1. The number of amides is 4. The maximum absolute atomic E-state index is 13.2. The van der Waals surface area contributed by atoms with Crippen LogP contribution in [0.25, 0.3) is 11.1 Å². The Bertz CT molecular complexity index is 1040. The molecular weight excluding hydrogens is 396 g/mol. The molecule has 0 aliphatic carbocycles. The fourth-order valence-corrected chi connectivity index (χ4v) is 3.74. The smallest absolute Gasteiger partial charge is 0.311 e. The number of nitrogens with zero attached hydrogens (tertiary/aromatic N) is 2. The van der Waals surface area contributed by atoms with Crippen LogP contribution in [0.3, 0.4) is 0 Å². The van der Waals surface area contributed by atoms with E-state index in [1.807, 2.05) is 18.2 Å². The van der Waals surface area contributed by atoms with E-state index >= 15 is 0 Å². The van der Waals surface area contributed by atoms with Gasteiger partial charge in [-0.3, -0.25) is 19.2 Å². The zero-order chi connectivity index (χ0) is 20.7. The maximum Gasteiger partial charge on any atom is 0.311 e. The summed E-state index contributed by atoms with van der Waals surface area (Å²) >= 11 is 5.94. The van der Waals surface area contributed by atoms with Gasteiger partial charge < -0.3 is 20.9 Å². The van der Waals surface area contributed by atoms with Gasteiger partial charge in [-0.2, -0.15) is 0 Å². The average Bonchev–Trinajstić information content (AvgIpc) is 2.82. The minimum atomic E-state index is -1.09. The van der Waals surface area contributed by atoms with Gasteiger partial charge in [0.25, 0.3) is 5.91 Å². The lowest BCUT2D eigenvalue weighted by Gasteiger charge is -2.38. The summed E-state index contributed by atoms with van der Waals surface area (Å²) in [5, 5.41) is 3.36. The van der Waals surface area contributed by atoms with Crippen LogP contribution in [0.1, 0.15) is 10.4 Å². The number of carbonyl (C=O) groups excluding carboxylic acids is 4. The first-order chi connectivity index (χ1) is 13.8. The van der Waals surface area contributed by atoms with Crippen LogP contribution in [0.5, 0.6) is 0 Å². The molecule has 0 bridgehead atoms. The molecule has 8 nitrogen and oxygen atoms in total. The number of nitrogens with two attached hydrogens (primary N) is 1. The number of benzene rings is 2. The van der Waals surface area contributed by atoms with Crippen LogP contribution in [0.15, 0.2) is 42.5 Å². The zero-order valence-electron chi connectivity index (χ0n) is 15.2. The number of carbonyl (C=O) groups is 4. The number of hydrogen-bond donors (Lipinski definition) is 2. The lowest BCUT2D eigenvalue weighted by molar-refractivity contribution is -0.146. The Morgan fingerprint density at radius 2 is 1.72 bits per heavy atom. The molecule has 2 aromatic rings. The van der Waals surface area contributed by atoms with E-state index in [2.05, 4.69) is 5.32 Å². The highest BCUT2D eigenvalue weighted by molar-refractivity contribution is 6.34. The predicted octanol–water partition coefficient (Wildman–Crippen LogP) is 1.10. The maximum atomic E-state index is 13.2. The molecule has 4 rings (SSSR count). The SMILES string of the molecule is NC(=O)C(=O)N1CCN2C(=O)c3cc(-c4ccc(Cl)cc4)ccc3NC(=O)C2C1. The van der Waals surface area contributed by atoms with Crippen molar-refractivity contribution in [2.24, 2.45) is 5.73 Å². The van der Waals surface area contributed by atoms with Crippen molar-refractivity contribution in [1.29, 1.82) is 0 Å². The highest BCUT2D eigenvalue weighted by Crippen LogP contribution is 2.30. The van der Waals surface area contributed by atoms with E-state index in [1.54, 1.807) is 24.3 Å². The standard InChI is InChI=1S/C20H17ClN4O4/c21-13-4-1-11(2-5-13)12-3-6-15-14(9-12)19(28)25-8-7-24(20(29)17(22)26)10-16(25)18(27)23-15/h1-6,9,16H,7-8,10H2,(H2,22,26)(H,23,27). The summed E-state index contributed by atoms with van der Waals surface area (Å²) in [6.07, 6.45) is 0. The fraction of sp³-hybridized carbons (Fsp3) is 0.200. The highest BCUT2D eigenvalue weighted by Gasteiger charge is 2.41. The normalized spacial score (nSPS) is 18.4. The molecule has 1 atom stereocenters. The summed E-state index contributed by atoms with van der Waals surface area (Å²) in [7, 11) is 0. The molecule has 148 valence electrons. The number of halogens is 1. The van der Waals surface area contributed by atoms with E-state index in [4.69, 9.17) is 17.3 Å². The van der Waals surface area contributed by atoms with Gasteiger partial charge in [-0.05, 0) is 35.4 Å². The van der Waals surface area contributed by atoms with Gasteiger partial charge in [0.05, 0.1) is 17.8 Å². The average molecular weight is 413 g/mol. The Morgan fingerprint density at radius 1 is 1.03 bits per heavy atom. The third-order valence-corrected chi connectivity index (χ3v) is 5.38. The van der Waals surface area contributed by atoms with Crippen LogP contribution < -0.4 is 11.1 Å². The number of piperazine rings is 1. The fourth-order valence-electron chi connectivity index (χ4n) is 3.61. The molecule has 0 spiro atoms. The minimum absolute atomic E-state index is 0.0859. The summed E-state index contributed by atoms with van der Waals surface area (Å²) < 4.78 is 0. The molecule has 2 aliphatic rings. The van der Waals surface area contributed by atoms with Crippen LogP contribution in [0, 0.1) is 0 Å². The van der Waals surface area contributed by atoms with Crippen molar-refractivity contribution >= 4 is 40.9 Å². The monoisotopic (exact) mass is 412 g/mol. The predicted molar refractivity (Wildman–Crippen MR) is 106 cm³/mol. The first kappa shape index (κ1) is 18.9. The summed E-state index contributed by atoms with van der Waals surface area (Å²) in [5.41, 5.74) is 7.52. The molecule has 2 aliphatic heterocycles. The molecule has 2 heterocycles. The van der Waals surface area contributed by atoms with E-state index in [9.17, 15) is 19.2 Å². The van der Waals surface area contributed by atoms with E-state index in [0.29, 0.717) is 16.3 Å². The van der Waals surface area contributed by atoms with Crippen LogP contribution in [-0.2, 0) is 14.4 Å². The molecule has 0 saturated carbocycles. The molecule has 29 heavy (non-hydrogen) atoms. The van der Waals surface area contributed by atoms with Crippen LogP contribution >= 0.6 is 11.6 Å². The molecule has 9 heteroatoms. The van der Waals surface area contributed by atoms with E-state index in [0.717, 1.165) is 11.1 Å². The van der Waals surface area contributed by atoms with Gasteiger partial charge in [0.1, 0.15) is 6.04 Å². The Labute approximate surface area is 171 Å². The van der Waals surface area contributed by atoms with Gasteiger partial charge in [0.15, 0.2) is 0 Å². The number of nitrogens with one attached hydrogen (secondary N) is 1. The molecule has 0 radical (unpaired) electrons. The molecule has 0 aromatic heterocycles. The largest absolute Gasteiger partial charge is 0.361 e. The lowest BCUT2D eigenvalue weighted by Crippen LogP contribution is -2.60. The minimum Gasteiger partial charge on any atom is -0.361 e. The van der Waals surface area contributed by atoms with E-state index in [-0.39, 0.29) is 25.5 Å². The van der Waals surface area contributed by atoms with Crippen LogP contribution in [0.4, 0.5) is 5.69 Å². The highest BCUT2D eigenvalue weighted by atomic mass is 35.5. The third kappa shape index (κ3) is 3.42. The van der Waals surface area contributed by atoms with Crippen molar-refractivity contribution in [2.45, 2.75) is 6.04 Å². The second-order valence-electron chi connectivity index (χ2n) is 6.89. The number of hydrogen-bond acceptors (Lipinski definition) is 4. The van der Waals surface area contributed by atoms with Gasteiger partial charge in [-0.25, -0.2) is 0 Å². The van der Waals surface area contributed by atoms with Crippen LogP contribution in [-0.4, -0.2) is 59.1 Å².